The maximum Gasteiger partial charge on any atom is 0.311 e. The van der Waals surface area contributed by atoms with Crippen LogP contribution >= 0.6 is 0 Å². The van der Waals surface area contributed by atoms with Gasteiger partial charge in [0.1, 0.15) is 11.9 Å². The molecule has 2 heterocycles. The Morgan fingerprint density at radius 1 is 1.09 bits per heavy atom. The molecule has 4 saturated carbocycles. The van der Waals surface area contributed by atoms with Crippen LogP contribution in [0.5, 0.6) is 5.88 Å². The van der Waals surface area contributed by atoms with Crippen molar-refractivity contribution in [1.82, 2.24) is 9.97 Å². The minimum absolute atomic E-state index is 0.00784. The van der Waals surface area contributed by atoms with Gasteiger partial charge in [-0.1, -0.05) is 24.3 Å². The van der Waals surface area contributed by atoms with Gasteiger partial charge in [-0.15, -0.1) is 0 Å². The molecule has 7 heteroatoms. The molecule has 0 radical (unpaired) electrons. The van der Waals surface area contributed by atoms with Gasteiger partial charge in [-0.2, -0.15) is 4.98 Å². The number of fused-ring (bicyclic) bond motifs is 1. The Morgan fingerprint density at radius 2 is 1.79 bits per heavy atom. The molecule has 5 aliphatic rings. The predicted octanol–water partition coefficient (Wildman–Crippen LogP) is 4.36. The summed E-state index contributed by atoms with van der Waals surface area (Å²) < 4.78 is 11.4. The number of hydrogen-bond acceptors (Lipinski definition) is 7. The number of carbonyl (C=O) groups is 1. The van der Waals surface area contributed by atoms with Crippen LogP contribution in [0.2, 0.25) is 0 Å². The maximum atomic E-state index is 12.8. The smallest absolute Gasteiger partial charge is 0.311 e. The zero-order valence-corrected chi connectivity index (χ0v) is 19.4. The van der Waals surface area contributed by atoms with Crippen LogP contribution in [-0.2, 0) is 14.9 Å². The first kappa shape index (κ1) is 20.6. The number of methoxy groups -OCH3 is 1. The van der Waals surface area contributed by atoms with E-state index in [0.717, 1.165) is 30.5 Å². The van der Waals surface area contributed by atoms with Crippen molar-refractivity contribution in [2.75, 3.05) is 12.8 Å². The van der Waals surface area contributed by atoms with Crippen molar-refractivity contribution in [1.29, 1.82) is 0 Å². The summed E-state index contributed by atoms with van der Waals surface area (Å²) in [6, 6.07) is 8.72. The molecule has 4 bridgehead atoms. The summed E-state index contributed by atoms with van der Waals surface area (Å²) in [7, 11) is 1.53. The van der Waals surface area contributed by atoms with E-state index in [1.807, 2.05) is 13.8 Å². The van der Waals surface area contributed by atoms with Gasteiger partial charge in [-0.3, -0.25) is 4.79 Å². The molecule has 4 fully saturated rings. The Kier molecular flexibility index (Phi) is 4.24. The molecule has 7 rings (SSSR count). The van der Waals surface area contributed by atoms with Crippen LogP contribution in [0.1, 0.15) is 63.5 Å². The Balaban J connectivity index is 1.37. The molecule has 1 aromatic carbocycles. The van der Waals surface area contributed by atoms with Crippen LogP contribution in [0.25, 0.3) is 0 Å². The van der Waals surface area contributed by atoms with Crippen molar-refractivity contribution in [3.05, 3.63) is 41.7 Å². The highest BCUT2D eigenvalue weighted by molar-refractivity contribution is 6.09. The van der Waals surface area contributed by atoms with Crippen molar-refractivity contribution in [2.45, 2.75) is 63.4 Å². The summed E-state index contributed by atoms with van der Waals surface area (Å²) in [5, 5.41) is 0. The van der Waals surface area contributed by atoms with E-state index in [1.165, 1.54) is 38.3 Å². The molecule has 1 aromatic heterocycles. The highest BCUT2D eigenvalue weighted by Crippen LogP contribution is 2.66. The number of nitrogens with two attached hydrogens (primary N) is 1. The fraction of sp³-hybridized carbons (Fsp3) is 0.538. The van der Waals surface area contributed by atoms with Crippen LogP contribution in [0.4, 0.5) is 11.5 Å². The monoisotopic (exact) mass is 446 g/mol. The molecule has 4 aliphatic carbocycles. The molecule has 0 saturated heterocycles. The van der Waals surface area contributed by atoms with E-state index in [4.69, 9.17) is 20.2 Å². The molecular formula is C26H30N4O3. The van der Waals surface area contributed by atoms with Gasteiger partial charge in [0.15, 0.2) is 11.5 Å². The van der Waals surface area contributed by atoms with Gasteiger partial charge in [0.05, 0.1) is 18.2 Å². The number of nitrogens with zero attached hydrogens (tertiary/aromatic N) is 3. The molecule has 2 N–H and O–H groups in total. The third-order valence-corrected chi connectivity index (χ3v) is 8.41. The number of benzene rings is 1. The fourth-order valence-electron chi connectivity index (χ4n) is 7.54. The number of hydrogen-bond donors (Lipinski definition) is 1. The number of rotatable bonds is 3. The number of carbonyl (C=O) groups excluding carboxylic acids is 1. The van der Waals surface area contributed by atoms with Gasteiger partial charge >= 0.3 is 5.97 Å². The van der Waals surface area contributed by atoms with Crippen LogP contribution < -0.4 is 10.5 Å². The normalized spacial score (nSPS) is 33.1. The van der Waals surface area contributed by atoms with Crippen molar-refractivity contribution < 1.29 is 14.3 Å². The number of ether oxygens (including phenoxy) is 2. The lowest BCUT2D eigenvalue weighted by Gasteiger charge is -2.61. The first-order chi connectivity index (χ1) is 15.7. The van der Waals surface area contributed by atoms with E-state index >= 15 is 0 Å². The van der Waals surface area contributed by atoms with E-state index in [-0.39, 0.29) is 16.8 Å². The van der Waals surface area contributed by atoms with Gasteiger partial charge in [-0.05, 0) is 75.2 Å². The van der Waals surface area contributed by atoms with Crippen molar-refractivity contribution in [2.24, 2.45) is 22.2 Å². The fourth-order valence-corrected chi connectivity index (χ4v) is 7.54. The van der Waals surface area contributed by atoms with Gasteiger partial charge in [0.25, 0.3) is 0 Å². The van der Waals surface area contributed by atoms with Gasteiger partial charge in [0, 0.05) is 5.56 Å². The number of nitrogen functional groups attached to an aromatic ring is 1. The lowest BCUT2D eigenvalue weighted by atomic mass is 9.43. The summed E-state index contributed by atoms with van der Waals surface area (Å²) in [5.74, 6) is 1.94. The minimum Gasteiger partial charge on any atom is -0.469 e. The van der Waals surface area contributed by atoms with E-state index < -0.39 is 5.60 Å². The third-order valence-electron chi connectivity index (χ3n) is 8.41. The standard InChI is InChI=1S/C26H30N4O3/c1-24(2)20(30-19-21(27)28-14-29-22(19)33-24)17-4-6-18(7-5-17)25-9-15-8-16(10-25)12-26(11-15,13-25)23(31)32-3/h4-7,14-16H,8-13H2,1-3H3,(H2,27,28,29)/t15-,16+,25?,26?. The summed E-state index contributed by atoms with van der Waals surface area (Å²) in [5.41, 5.74) is 8.75. The first-order valence-corrected chi connectivity index (χ1v) is 11.8. The molecule has 0 spiro atoms. The van der Waals surface area contributed by atoms with Crippen molar-refractivity contribution in [3.8, 4) is 5.88 Å². The topological polar surface area (TPSA) is 99.7 Å². The van der Waals surface area contributed by atoms with Crippen molar-refractivity contribution in [3.63, 3.8) is 0 Å². The summed E-state index contributed by atoms with van der Waals surface area (Å²) >= 11 is 0. The molecule has 1 aliphatic heterocycles. The van der Waals surface area contributed by atoms with E-state index in [9.17, 15) is 4.79 Å². The minimum atomic E-state index is -0.648. The second-order valence-corrected chi connectivity index (χ2v) is 11.1. The van der Waals surface area contributed by atoms with Gasteiger partial charge in [-0.25, -0.2) is 9.98 Å². The highest BCUT2D eigenvalue weighted by atomic mass is 16.5. The quantitative estimate of drug-likeness (QED) is 0.703. The zero-order valence-electron chi connectivity index (χ0n) is 19.4. The summed E-state index contributed by atoms with van der Waals surface area (Å²) in [6.07, 6.45) is 7.85. The molecule has 33 heavy (non-hydrogen) atoms. The Labute approximate surface area is 193 Å². The average molecular weight is 447 g/mol. The molecular weight excluding hydrogens is 416 g/mol. The second-order valence-electron chi connectivity index (χ2n) is 11.1. The second kappa shape index (κ2) is 6.78. The van der Waals surface area contributed by atoms with Crippen LogP contribution in [-0.4, -0.2) is 34.4 Å². The Bertz CT molecular complexity index is 1160. The van der Waals surface area contributed by atoms with Crippen LogP contribution in [0, 0.1) is 17.3 Å². The molecule has 172 valence electrons. The summed E-state index contributed by atoms with van der Waals surface area (Å²) in [4.78, 5) is 25.9. The third kappa shape index (κ3) is 3.01. The van der Waals surface area contributed by atoms with Gasteiger partial charge in [0.2, 0.25) is 5.88 Å². The van der Waals surface area contributed by atoms with Crippen molar-refractivity contribution >= 4 is 23.2 Å². The number of aromatic nitrogens is 2. The van der Waals surface area contributed by atoms with E-state index in [0.29, 0.717) is 29.2 Å². The number of aliphatic imine (C=N–C) groups is 1. The highest BCUT2D eigenvalue weighted by Gasteiger charge is 2.61. The Hall–Kier alpha value is -2.96. The van der Waals surface area contributed by atoms with Crippen LogP contribution in [0.3, 0.4) is 0 Å². The maximum absolute atomic E-state index is 12.8. The van der Waals surface area contributed by atoms with E-state index in [2.05, 4.69) is 34.2 Å². The molecule has 2 aromatic rings. The molecule has 2 unspecified atom stereocenters. The predicted molar refractivity (Wildman–Crippen MR) is 125 cm³/mol. The average Bonchev–Trinajstić information content (AvgIpc) is 2.77. The van der Waals surface area contributed by atoms with Crippen LogP contribution in [0.15, 0.2) is 35.6 Å². The molecule has 7 nitrogen and oxygen atoms in total. The summed E-state index contributed by atoms with van der Waals surface area (Å²) in [6.45, 7) is 3.97. The van der Waals surface area contributed by atoms with Gasteiger partial charge < -0.3 is 15.2 Å². The lowest BCUT2D eigenvalue weighted by Crippen LogP contribution is -2.57. The largest absolute Gasteiger partial charge is 0.469 e. The lowest BCUT2D eigenvalue weighted by molar-refractivity contribution is -0.171. The zero-order chi connectivity index (χ0) is 23.0. The molecule has 4 atom stereocenters. The number of esters is 1. The number of anilines is 1. The molecule has 0 amide bonds. The first-order valence-electron chi connectivity index (χ1n) is 11.8. The van der Waals surface area contributed by atoms with E-state index in [1.54, 1.807) is 0 Å². The Morgan fingerprint density at radius 3 is 2.45 bits per heavy atom. The SMILES string of the molecule is COC(=O)C12C[C@H]3C[C@@H](C1)CC(c1ccc(C4=Nc5c(N)ncnc5OC4(C)C)cc1)(C3)C2.